The van der Waals surface area contributed by atoms with Gasteiger partial charge in [0.2, 0.25) is 0 Å². The number of esters is 1. The summed E-state index contributed by atoms with van der Waals surface area (Å²) >= 11 is 0. The van der Waals surface area contributed by atoms with Crippen molar-refractivity contribution in [3.8, 4) is 0 Å². The molecule has 0 spiro atoms. The second-order valence-corrected chi connectivity index (χ2v) is 9.39. The fourth-order valence-electron chi connectivity index (χ4n) is 4.60. The normalized spacial score (nSPS) is 15.4. The molecule has 1 atom stereocenters. The van der Waals surface area contributed by atoms with Gasteiger partial charge in [0.1, 0.15) is 0 Å². The van der Waals surface area contributed by atoms with Crippen LogP contribution in [0.3, 0.4) is 0 Å². The second-order valence-electron chi connectivity index (χ2n) is 9.39. The predicted octanol–water partition coefficient (Wildman–Crippen LogP) is 6.80. The van der Waals surface area contributed by atoms with Crippen LogP contribution >= 0.6 is 0 Å². The highest BCUT2D eigenvalue weighted by molar-refractivity contribution is 6.06. The summed E-state index contributed by atoms with van der Waals surface area (Å²) in [6.45, 7) is 4.19. The van der Waals surface area contributed by atoms with E-state index in [4.69, 9.17) is 4.74 Å². The number of ether oxygens (including phenoxy) is 1. The van der Waals surface area contributed by atoms with Crippen LogP contribution in [0.2, 0.25) is 0 Å². The molecule has 1 aliphatic heterocycles. The lowest BCUT2D eigenvalue weighted by Gasteiger charge is -2.37. The van der Waals surface area contributed by atoms with Gasteiger partial charge in [-0.15, -0.1) is 0 Å². The number of halogens is 3. The number of anilines is 1. The number of alkyl halides is 3. The molecule has 0 saturated heterocycles. The highest BCUT2D eigenvalue weighted by Crippen LogP contribution is 2.37. The van der Waals surface area contributed by atoms with E-state index in [-0.39, 0.29) is 23.4 Å². The van der Waals surface area contributed by atoms with Crippen LogP contribution in [0.4, 0.5) is 23.7 Å². The van der Waals surface area contributed by atoms with Crippen molar-refractivity contribution in [3.05, 3.63) is 107 Å². The molecule has 41 heavy (non-hydrogen) atoms. The van der Waals surface area contributed by atoms with E-state index < -0.39 is 35.7 Å². The van der Waals surface area contributed by atoms with Crippen LogP contribution in [0.15, 0.2) is 84.4 Å². The van der Waals surface area contributed by atoms with E-state index in [2.05, 4.69) is 10.6 Å². The monoisotopic (exact) mass is 565 g/mol. The van der Waals surface area contributed by atoms with Crippen molar-refractivity contribution in [3.63, 3.8) is 0 Å². The zero-order chi connectivity index (χ0) is 29.6. The molecular weight excluding hydrogens is 535 g/mol. The van der Waals surface area contributed by atoms with Crippen molar-refractivity contribution in [2.45, 2.75) is 38.9 Å². The van der Waals surface area contributed by atoms with Crippen LogP contribution < -0.4 is 10.6 Å². The number of carbonyl (C=O) groups is 3. The highest BCUT2D eigenvalue weighted by atomic mass is 19.4. The van der Waals surface area contributed by atoms with E-state index in [1.807, 2.05) is 37.3 Å². The molecule has 0 bridgehead atoms. The number of nitrogens with one attached hydrogen (secondary N) is 2. The van der Waals surface area contributed by atoms with E-state index in [0.717, 1.165) is 24.6 Å². The maximum atomic E-state index is 13.4. The molecule has 3 aromatic rings. The molecule has 3 amide bonds. The molecule has 7 nitrogen and oxygen atoms in total. The Morgan fingerprint density at radius 2 is 1.71 bits per heavy atom. The molecule has 0 radical (unpaired) electrons. The standard InChI is InChI=1S/C31H30F3N3O4/c1-3-5-17-37-27(20-11-7-6-8-12-20)25(29(39)41-4-2)26(36-30(37)40)21-13-10-16-24(19-21)35-28(38)22-14-9-15-23(18-22)31(32,33)34/h6-16,18-19,26H,3-5,17H2,1-2H3,(H,35,38)(H,36,40). The summed E-state index contributed by atoms with van der Waals surface area (Å²) in [5.41, 5.74) is 0.986. The van der Waals surface area contributed by atoms with Crippen LogP contribution in [-0.4, -0.2) is 36.0 Å². The number of rotatable bonds is 9. The first-order valence-electron chi connectivity index (χ1n) is 13.3. The van der Waals surface area contributed by atoms with Crippen LogP contribution in [0.25, 0.3) is 5.70 Å². The number of hydrogen-bond acceptors (Lipinski definition) is 4. The minimum Gasteiger partial charge on any atom is -0.463 e. The minimum absolute atomic E-state index is 0.118. The summed E-state index contributed by atoms with van der Waals surface area (Å²) in [7, 11) is 0. The molecule has 0 fully saturated rings. The number of hydrogen-bond donors (Lipinski definition) is 2. The molecule has 3 aromatic carbocycles. The van der Waals surface area contributed by atoms with Crippen LogP contribution in [0.1, 0.15) is 59.8 Å². The summed E-state index contributed by atoms with van der Waals surface area (Å²) in [6, 6.07) is 18.3. The predicted molar refractivity (Wildman–Crippen MR) is 149 cm³/mol. The molecule has 10 heteroatoms. The second kappa shape index (κ2) is 12.7. The van der Waals surface area contributed by atoms with Gasteiger partial charge in [-0.2, -0.15) is 13.2 Å². The summed E-state index contributed by atoms with van der Waals surface area (Å²) in [6.07, 6.45) is -3.05. The Hall–Kier alpha value is -4.60. The largest absolute Gasteiger partial charge is 0.463 e. The molecule has 1 aliphatic rings. The first-order valence-corrected chi connectivity index (χ1v) is 13.3. The van der Waals surface area contributed by atoms with E-state index in [9.17, 15) is 27.6 Å². The zero-order valence-electron chi connectivity index (χ0n) is 22.6. The van der Waals surface area contributed by atoms with Gasteiger partial charge in [-0.3, -0.25) is 9.69 Å². The third-order valence-corrected chi connectivity index (χ3v) is 6.53. The summed E-state index contributed by atoms with van der Waals surface area (Å²) in [5.74, 6) is -1.34. The summed E-state index contributed by atoms with van der Waals surface area (Å²) in [5, 5.41) is 5.52. The van der Waals surface area contributed by atoms with E-state index in [1.165, 1.54) is 6.07 Å². The average molecular weight is 566 g/mol. The number of urea groups is 1. The minimum atomic E-state index is -4.59. The Balaban J connectivity index is 1.76. The number of carbonyl (C=O) groups excluding carboxylic acids is 3. The van der Waals surface area contributed by atoms with Crippen molar-refractivity contribution in [1.29, 1.82) is 0 Å². The SMILES string of the molecule is CCCCN1C(=O)NC(c2cccc(NC(=O)c3cccc(C(F)(F)F)c3)c2)C(C(=O)OCC)=C1c1ccccc1. The Morgan fingerprint density at radius 1 is 0.976 bits per heavy atom. The molecule has 4 rings (SSSR count). The Bertz CT molecular complexity index is 1450. The fraction of sp³-hybridized carbons (Fsp3) is 0.258. The van der Waals surface area contributed by atoms with Gasteiger partial charge in [-0.25, -0.2) is 9.59 Å². The molecule has 214 valence electrons. The van der Waals surface area contributed by atoms with Crippen LogP contribution in [0, 0.1) is 0 Å². The van der Waals surface area contributed by atoms with E-state index >= 15 is 0 Å². The molecular formula is C31H30F3N3O4. The van der Waals surface area contributed by atoms with Gasteiger partial charge in [0.25, 0.3) is 5.91 Å². The first kappa shape index (κ1) is 29.4. The number of benzene rings is 3. The summed E-state index contributed by atoms with van der Waals surface area (Å²) in [4.78, 5) is 41.2. The number of nitrogens with zero attached hydrogens (tertiary/aromatic N) is 1. The Labute approximate surface area is 236 Å². The van der Waals surface area contributed by atoms with Crippen molar-refractivity contribution < 1.29 is 32.3 Å². The van der Waals surface area contributed by atoms with Crippen molar-refractivity contribution in [1.82, 2.24) is 10.2 Å². The van der Waals surface area contributed by atoms with Gasteiger partial charge in [-0.1, -0.05) is 61.9 Å². The maximum Gasteiger partial charge on any atom is 0.416 e. The lowest BCUT2D eigenvalue weighted by atomic mass is 9.91. The zero-order valence-corrected chi connectivity index (χ0v) is 22.6. The van der Waals surface area contributed by atoms with Crippen molar-refractivity contribution in [2.24, 2.45) is 0 Å². The quantitative estimate of drug-likeness (QED) is 0.280. The van der Waals surface area contributed by atoms with Gasteiger partial charge in [-0.05, 0) is 54.8 Å². The first-order chi connectivity index (χ1) is 19.6. The fourth-order valence-corrected chi connectivity index (χ4v) is 4.60. The van der Waals surface area contributed by atoms with Gasteiger partial charge in [0, 0.05) is 17.8 Å². The van der Waals surface area contributed by atoms with Gasteiger partial charge < -0.3 is 15.4 Å². The van der Waals surface area contributed by atoms with Gasteiger partial charge >= 0.3 is 18.2 Å². The topological polar surface area (TPSA) is 87.7 Å². The Morgan fingerprint density at radius 3 is 2.39 bits per heavy atom. The maximum absolute atomic E-state index is 13.4. The van der Waals surface area contributed by atoms with Crippen molar-refractivity contribution >= 4 is 29.3 Å². The third-order valence-electron chi connectivity index (χ3n) is 6.53. The molecule has 0 saturated carbocycles. The molecule has 2 N–H and O–H groups in total. The average Bonchev–Trinajstić information content (AvgIpc) is 2.96. The molecule has 0 aliphatic carbocycles. The highest BCUT2D eigenvalue weighted by Gasteiger charge is 2.39. The Kier molecular flexibility index (Phi) is 9.11. The molecule has 1 unspecified atom stereocenters. The van der Waals surface area contributed by atoms with Gasteiger partial charge in [0.05, 0.1) is 29.5 Å². The molecule has 0 aromatic heterocycles. The summed E-state index contributed by atoms with van der Waals surface area (Å²) < 4.78 is 44.9. The third kappa shape index (κ3) is 6.77. The number of unbranched alkanes of at least 4 members (excludes halogenated alkanes) is 1. The number of amides is 3. The lowest BCUT2D eigenvalue weighted by Crippen LogP contribution is -2.48. The van der Waals surface area contributed by atoms with Crippen LogP contribution in [0.5, 0.6) is 0 Å². The molecule has 1 heterocycles. The van der Waals surface area contributed by atoms with E-state index in [1.54, 1.807) is 36.1 Å². The van der Waals surface area contributed by atoms with E-state index in [0.29, 0.717) is 29.8 Å². The van der Waals surface area contributed by atoms with Crippen molar-refractivity contribution in [2.75, 3.05) is 18.5 Å². The smallest absolute Gasteiger partial charge is 0.416 e. The van der Waals surface area contributed by atoms with Gasteiger partial charge in [0.15, 0.2) is 0 Å². The lowest BCUT2D eigenvalue weighted by molar-refractivity contribution is -0.139. The van der Waals surface area contributed by atoms with Crippen LogP contribution in [-0.2, 0) is 15.7 Å².